The highest BCUT2D eigenvalue weighted by molar-refractivity contribution is 5.46. The van der Waals surface area contributed by atoms with Crippen molar-refractivity contribution in [1.29, 1.82) is 0 Å². The predicted octanol–water partition coefficient (Wildman–Crippen LogP) is 0.794. The van der Waals surface area contributed by atoms with Crippen LogP contribution < -0.4 is 5.32 Å². The molecule has 2 heterocycles. The molecule has 0 saturated carbocycles. The fourth-order valence-electron chi connectivity index (χ4n) is 1.29. The Morgan fingerprint density at radius 3 is 3.07 bits per heavy atom. The molecule has 0 radical (unpaired) electrons. The molecule has 0 aliphatic heterocycles. The van der Waals surface area contributed by atoms with Crippen LogP contribution in [0.15, 0.2) is 22.8 Å². The maximum atomic E-state index is 5.25. The molecule has 2 aromatic heterocycles. The fraction of sp³-hybridized carbons (Fsp3) is 0.333. The zero-order valence-corrected chi connectivity index (χ0v) is 8.19. The molecule has 0 aromatic carbocycles. The number of aryl methyl sites for hydroxylation is 1. The highest BCUT2D eigenvalue weighted by Gasteiger charge is 2.10. The number of aromatic nitrogens is 3. The lowest BCUT2D eigenvalue weighted by Gasteiger charge is -1.92. The quantitative estimate of drug-likeness (QED) is 0.781. The minimum absolute atomic E-state index is 0.661. The average Bonchev–Trinajstić information content (AvgIpc) is 2.74. The van der Waals surface area contributed by atoms with Crippen LogP contribution in [0.5, 0.6) is 0 Å². The molecular formula is C9H12N4O. The van der Waals surface area contributed by atoms with Gasteiger partial charge in [0.1, 0.15) is 0 Å². The SMILES string of the molecule is CNCc1nc(-c2ccco2)n(C)n1. The van der Waals surface area contributed by atoms with E-state index in [1.165, 1.54) is 0 Å². The van der Waals surface area contributed by atoms with E-state index < -0.39 is 0 Å². The van der Waals surface area contributed by atoms with Gasteiger partial charge in [0.15, 0.2) is 17.4 Å². The van der Waals surface area contributed by atoms with E-state index in [1.807, 2.05) is 26.2 Å². The van der Waals surface area contributed by atoms with Crippen LogP contribution in [0.3, 0.4) is 0 Å². The molecule has 5 nitrogen and oxygen atoms in total. The third kappa shape index (κ3) is 1.54. The molecule has 0 amide bonds. The highest BCUT2D eigenvalue weighted by Crippen LogP contribution is 2.16. The average molecular weight is 192 g/mol. The molecule has 0 saturated heterocycles. The second-order valence-corrected chi connectivity index (χ2v) is 2.98. The minimum atomic E-state index is 0.661. The molecule has 14 heavy (non-hydrogen) atoms. The summed E-state index contributed by atoms with van der Waals surface area (Å²) >= 11 is 0. The molecule has 0 aliphatic rings. The van der Waals surface area contributed by atoms with Crippen LogP contribution in [-0.2, 0) is 13.6 Å². The normalized spacial score (nSPS) is 10.7. The van der Waals surface area contributed by atoms with Crippen molar-refractivity contribution < 1.29 is 4.42 Å². The summed E-state index contributed by atoms with van der Waals surface area (Å²) in [7, 11) is 3.72. The summed E-state index contributed by atoms with van der Waals surface area (Å²) in [4.78, 5) is 4.34. The summed E-state index contributed by atoms with van der Waals surface area (Å²) in [6, 6.07) is 3.70. The molecule has 0 fully saturated rings. The maximum Gasteiger partial charge on any atom is 0.194 e. The molecular weight excluding hydrogens is 180 g/mol. The Bertz CT molecular complexity index is 404. The van der Waals surface area contributed by atoms with Crippen LogP contribution in [0.1, 0.15) is 5.82 Å². The van der Waals surface area contributed by atoms with Crippen molar-refractivity contribution in [3.63, 3.8) is 0 Å². The summed E-state index contributed by atoms with van der Waals surface area (Å²) < 4.78 is 6.96. The van der Waals surface area contributed by atoms with Crippen LogP contribution in [0, 0.1) is 0 Å². The minimum Gasteiger partial charge on any atom is -0.461 e. The third-order valence-electron chi connectivity index (χ3n) is 1.88. The maximum absolute atomic E-state index is 5.25. The van der Waals surface area contributed by atoms with Crippen LogP contribution in [-0.4, -0.2) is 21.8 Å². The smallest absolute Gasteiger partial charge is 0.194 e. The van der Waals surface area contributed by atoms with E-state index in [9.17, 15) is 0 Å². The number of nitrogens with one attached hydrogen (secondary N) is 1. The Kier molecular flexibility index (Phi) is 2.32. The molecule has 2 rings (SSSR count). The van der Waals surface area contributed by atoms with Gasteiger partial charge in [-0.15, -0.1) is 0 Å². The van der Waals surface area contributed by atoms with E-state index in [0.717, 1.165) is 17.4 Å². The van der Waals surface area contributed by atoms with E-state index in [0.29, 0.717) is 6.54 Å². The molecule has 0 aliphatic carbocycles. The van der Waals surface area contributed by atoms with Gasteiger partial charge in [-0.2, -0.15) is 5.10 Å². The first-order valence-corrected chi connectivity index (χ1v) is 4.39. The number of hydrogen-bond donors (Lipinski definition) is 1. The van der Waals surface area contributed by atoms with Gasteiger partial charge in [-0.3, -0.25) is 0 Å². The topological polar surface area (TPSA) is 55.9 Å². The van der Waals surface area contributed by atoms with Crippen LogP contribution in [0.2, 0.25) is 0 Å². The number of furan rings is 1. The lowest BCUT2D eigenvalue weighted by molar-refractivity contribution is 0.570. The van der Waals surface area contributed by atoms with Gasteiger partial charge in [-0.1, -0.05) is 0 Å². The zero-order valence-electron chi connectivity index (χ0n) is 8.19. The van der Waals surface area contributed by atoms with E-state index in [-0.39, 0.29) is 0 Å². The van der Waals surface area contributed by atoms with Crippen molar-refractivity contribution in [2.45, 2.75) is 6.54 Å². The van der Waals surface area contributed by atoms with Crippen LogP contribution in [0.25, 0.3) is 11.6 Å². The molecule has 1 N–H and O–H groups in total. The molecule has 74 valence electrons. The molecule has 0 atom stereocenters. The largest absolute Gasteiger partial charge is 0.461 e. The number of rotatable bonds is 3. The zero-order chi connectivity index (χ0) is 9.97. The molecule has 5 heteroatoms. The van der Waals surface area contributed by atoms with Crippen molar-refractivity contribution in [1.82, 2.24) is 20.1 Å². The Balaban J connectivity index is 2.35. The van der Waals surface area contributed by atoms with Gasteiger partial charge >= 0.3 is 0 Å². The molecule has 0 unspecified atom stereocenters. The van der Waals surface area contributed by atoms with Crippen LogP contribution >= 0.6 is 0 Å². The highest BCUT2D eigenvalue weighted by atomic mass is 16.3. The van der Waals surface area contributed by atoms with Crippen molar-refractivity contribution in [3.8, 4) is 11.6 Å². The number of nitrogens with zero attached hydrogens (tertiary/aromatic N) is 3. The first-order valence-electron chi connectivity index (χ1n) is 4.39. The Morgan fingerprint density at radius 2 is 2.43 bits per heavy atom. The monoisotopic (exact) mass is 192 g/mol. The first-order chi connectivity index (χ1) is 6.81. The van der Waals surface area contributed by atoms with E-state index in [2.05, 4.69) is 15.4 Å². The second-order valence-electron chi connectivity index (χ2n) is 2.98. The molecule has 0 spiro atoms. The van der Waals surface area contributed by atoms with Crippen molar-refractivity contribution >= 4 is 0 Å². The van der Waals surface area contributed by atoms with Crippen molar-refractivity contribution in [3.05, 3.63) is 24.2 Å². The van der Waals surface area contributed by atoms with Crippen molar-refractivity contribution in [2.24, 2.45) is 7.05 Å². The van der Waals surface area contributed by atoms with Crippen LogP contribution in [0.4, 0.5) is 0 Å². The Labute approximate surface area is 81.8 Å². The summed E-state index contributed by atoms with van der Waals surface area (Å²) in [5, 5.41) is 7.24. The second kappa shape index (κ2) is 3.63. The van der Waals surface area contributed by atoms with Gasteiger partial charge in [0.05, 0.1) is 12.8 Å². The standard InChI is InChI=1S/C9H12N4O/c1-10-6-8-11-9(13(2)12-8)7-4-3-5-14-7/h3-5,10H,6H2,1-2H3. The lowest BCUT2D eigenvalue weighted by atomic mass is 10.4. The van der Waals surface area contributed by atoms with Gasteiger partial charge in [-0.05, 0) is 19.2 Å². The van der Waals surface area contributed by atoms with E-state index in [4.69, 9.17) is 4.42 Å². The molecule has 2 aromatic rings. The fourth-order valence-corrected chi connectivity index (χ4v) is 1.29. The third-order valence-corrected chi connectivity index (χ3v) is 1.88. The van der Waals surface area contributed by atoms with E-state index >= 15 is 0 Å². The summed E-state index contributed by atoms with van der Waals surface area (Å²) in [5.41, 5.74) is 0. The first kappa shape index (κ1) is 8.96. The molecule has 0 bridgehead atoms. The van der Waals surface area contributed by atoms with Gasteiger partial charge in [0, 0.05) is 7.05 Å². The Hall–Kier alpha value is -1.62. The van der Waals surface area contributed by atoms with Gasteiger partial charge < -0.3 is 9.73 Å². The summed E-state index contributed by atoms with van der Waals surface area (Å²) in [6.07, 6.45) is 1.63. The number of hydrogen-bond acceptors (Lipinski definition) is 4. The lowest BCUT2D eigenvalue weighted by Crippen LogP contribution is -2.06. The van der Waals surface area contributed by atoms with E-state index in [1.54, 1.807) is 10.9 Å². The summed E-state index contributed by atoms with van der Waals surface area (Å²) in [5.74, 6) is 2.25. The van der Waals surface area contributed by atoms with Gasteiger partial charge in [0.2, 0.25) is 0 Å². The summed E-state index contributed by atoms with van der Waals surface area (Å²) in [6.45, 7) is 0.661. The predicted molar refractivity (Wildman–Crippen MR) is 51.5 cm³/mol. The Morgan fingerprint density at radius 1 is 1.57 bits per heavy atom. The van der Waals surface area contributed by atoms with Gasteiger partial charge in [0.25, 0.3) is 0 Å². The van der Waals surface area contributed by atoms with Gasteiger partial charge in [-0.25, -0.2) is 9.67 Å². The van der Waals surface area contributed by atoms with Crippen molar-refractivity contribution in [2.75, 3.05) is 7.05 Å².